The lowest BCUT2D eigenvalue weighted by molar-refractivity contribution is 0.0868. The summed E-state index contributed by atoms with van der Waals surface area (Å²) in [7, 11) is -0.615. The fourth-order valence-corrected chi connectivity index (χ4v) is 6.48. The van der Waals surface area contributed by atoms with Gasteiger partial charge in [0.15, 0.2) is 22.0 Å². The molecule has 0 spiro atoms. The highest BCUT2D eigenvalue weighted by molar-refractivity contribution is 7.88. The van der Waals surface area contributed by atoms with Crippen LogP contribution in [0.3, 0.4) is 0 Å². The average molecular weight is 464 g/mol. The lowest BCUT2D eigenvalue weighted by Crippen LogP contribution is -2.62. The van der Waals surface area contributed by atoms with E-state index in [0.29, 0.717) is 18.5 Å². The first kappa shape index (κ1) is 24.0. The Morgan fingerprint density at radius 3 is 2.09 bits per heavy atom. The highest BCUT2D eigenvalue weighted by Gasteiger charge is 2.64. The van der Waals surface area contributed by atoms with Gasteiger partial charge >= 0.3 is 0 Å². The molecule has 2 N–H and O–H groups in total. The number of methoxy groups -OCH3 is 3. The molecule has 1 fully saturated rings. The summed E-state index contributed by atoms with van der Waals surface area (Å²) in [4.78, 5) is 14.1. The first-order chi connectivity index (χ1) is 15.2. The molecule has 2 atom stereocenters. The molecule has 0 saturated carbocycles. The van der Waals surface area contributed by atoms with E-state index in [4.69, 9.17) is 14.2 Å². The number of Topliss-reactive ketones (excluding diaryl/α,β-unsaturated/α-hetero) is 1. The van der Waals surface area contributed by atoms with Crippen molar-refractivity contribution >= 4 is 15.9 Å². The maximum Gasteiger partial charge on any atom is 0.279 e. The van der Waals surface area contributed by atoms with E-state index in [2.05, 4.69) is 5.32 Å². The summed E-state index contributed by atoms with van der Waals surface area (Å²) < 4.78 is 50.8. The highest BCUT2D eigenvalue weighted by Crippen LogP contribution is 2.50. The second-order valence-electron chi connectivity index (χ2n) is 7.77. The quantitative estimate of drug-likeness (QED) is 0.431. The fourth-order valence-electron chi connectivity index (χ4n) is 4.98. The summed E-state index contributed by atoms with van der Waals surface area (Å²) in [5.41, 5.74) is -0.458. The summed E-state index contributed by atoms with van der Waals surface area (Å²) in [5.74, 6) is -0.0159. The van der Waals surface area contributed by atoms with Gasteiger partial charge in [0.2, 0.25) is 5.75 Å². The predicted octanol–water partition coefficient (Wildman–Crippen LogP) is 2.86. The molecule has 32 heavy (non-hydrogen) atoms. The first-order valence-corrected chi connectivity index (χ1v) is 11.7. The van der Waals surface area contributed by atoms with E-state index in [1.165, 1.54) is 33.5 Å². The number of rotatable bonds is 9. The third-order valence-electron chi connectivity index (χ3n) is 6.49. The summed E-state index contributed by atoms with van der Waals surface area (Å²) in [6, 6.07) is 11.8. The number of carbonyl (C=O) groups excluding carboxylic acids is 1. The number of carbonyl (C=O) groups is 1. The van der Waals surface area contributed by atoms with Crippen LogP contribution in [0.1, 0.15) is 35.7 Å². The maximum atomic E-state index is 14.1. The number of hydrogen-bond donors (Lipinski definition) is 2. The Kier molecular flexibility index (Phi) is 6.83. The van der Waals surface area contributed by atoms with Crippen LogP contribution in [0, 0.1) is 0 Å². The van der Waals surface area contributed by atoms with Gasteiger partial charge in [-0.3, -0.25) is 9.35 Å². The van der Waals surface area contributed by atoms with Crippen LogP contribution in [0.2, 0.25) is 0 Å². The molecule has 0 aromatic heterocycles. The van der Waals surface area contributed by atoms with Crippen molar-refractivity contribution in [1.29, 1.82) is 0 Å². The molecule has 0 radical (unpaired) electrons. The average Bonchev–Trinajstić information content (AvgIpc) is 3.29. The van der Waals surface area contributed by atoms with Crippen molar-refractivity contribution in [2.45, 2.75) is 29.9 Å². The second kappa shape index (κ2) is 9.09. The topological polar surface area (TPSA) is 111 Å². The van der Waals surface area contributed by atoms with E-state index >= 15 is 0 Å². The lowest BCUT2D eigenvalue weighted by atomic mass is 9.65. The van der Waals surface area contributed by atoms with Crippen LogP contribution >= 0.6 is 0 Å². The normalized spacial score (nSPS) is 20.4. The molecule has 3 rings (SSSR count). The number of hydrogen-bond acceptors (Lipinski definition) is 7. The van der Waals surface area contributed by atoms with E-state index in [-0.39, 0.29) is 35.8 Å². The molecular formula is C23H29NO7S. The van der Waals surface area contributed by atoms with Crippen LogP contribution in [0.5, 0.6) is 17.2 Å². The van der Waals surface area contributed by atoms with E-state index in [0.717, 1.165) is 0 Å². The van der Waals surface area contributed by atoms with Crippen LogP contribution in [-0.2, 0) is 15.5 Å². The van der Waals surface area contributed by atoms with Gasteiger partial charge in [-0.25, -0.2) is 0 Å². The Balaban J connectivity index is 2.34. The van der Waals surface area contributed by atoms with Crippen molar-refractivity contribution in [2.75, 3.05) is 34.4 Å². The first-order valence-electron chi connectivity index (χ1n) is 10.3. The van der Waals surface area contributed by atoms with Crippen LogP contribution in [0.25, 0.3) is 0 Å². The van der Waals surface area contributed by atoms with E-state index in [9.17, 15) is 17.8 Å². The van der Waals surface area contributed by atoms with Gasteiger partial charge in [0.25, 0.3) is 10.1 Å². The SMILES string of the molecule is CCC(C(=O)c1cc(OC)c(OC)c(OC)c1)(C1(c2ccccc2)CCNC1)S(=O)(=O)O. The third-order valence-corrected chi connectivity index (χ3v) is 8.23. The van der Waals surface area contributed by atoms with Gasteiger partial charge < -0.3 is 19.5 Å². The van der Waals surface area contributed by atoms with Gasteiger partial charge in [-0.05, 0) is 37.1 Å². The smallest absolute Gasteiger partial charge is 0.279 e. The molecule has 0 amide bonds. The minimum atomic E-state index is -4.87. The monoisotopic (exact) mass is 463 g/mol. The van der Waals surface area contributed by atoms with Gasteiger partial charge in [0.1, 0.15) is 0 Å². The van der Waals surface area contributed by atoms with Crippen molar-refractivity contribution < 1.29 is 32.0 Å². The minimum absolute atomic E-state index is 0.0428. The summed E-state index contributed by atoms with van der Waals surface area (Å²) in [6.45, 7) is 2.34. The Labute approximate surface area is 188 Å². The van der Waals surface area contributed by atoms with Crippen LogP contribution in [0.15, 0.2) is 42.5 Å². The fraction of sp³-hybridized carbons (Fsp3) is 0.435. The number of ketones is 1. The molecular weight excluding hydrogens is 434 g/mol. The molecule has 8 nitrogen and oxygen atoms in total. The Morgan fingerprint density at radius 1 is 1.09 bits per heavy atom. The second-order valence-corrected chi connectivity index (χ2v) is 9.42. The maximum absolute atomic E-state index is 14.1. The molecule has 1 saturated heterocycles. The largest absolute Gasteiger partial charge is 0.493 e. The van der Waals surface area contributed by atoms with Gasteiger partial charge in [-0.1, -0.05) is 37.3 Å². The standard InChI is InChI=1S/C23H29NO7S/c1-5-23(32(26,27)28,22(11-12-24-15-22)17-9-7-6-8-10-17)21(25)16-13-18(29-2)20(31-4)19(14-16)30-3/h6-10,13-14,24H,5,11-12,15H2,1-4H3,(H,26,27,28). The Morgan fingerprint density at radius 2 is 1.69 bits per heavy atom. The number of ether oxygens (including phenoxy) is 3. The minimum Gasteiger partial charge on any atom is -0.493 e. The van der Waals surface area contributed by atoms with Gasteiger partial charge in [0.05, 0.1) is 21.3 Å². The number of benzene rings is 2. The van der Waals surface area contributed by atoms with E-state index in [1.54, 1.807) is 31.2 Å². The zero-order valence-electron chi connectivity index (χ0n) is 18.7. The summed E-state index contributed by atoms with van der Waals surface area (Å²) in [6.07, 6.45) is 0.235. The van der Waals surface area contributed by atoms with Crippen molar-refractivity contribution in [2.24, 2.45) is 0 Å². The molecule has 2 aromatic carbocycles. The van der Waals surface area contributed by atoms with E-state index in [1.807, 2.05) is 6.07 Å². The molecule has 174 valence electrons. The van der Waals surface area contributed by atoms with Crippen LogP contribution in [-0.4, -0.2) is 57.9 Å². The summed E-state index contributed by atoms with van der Waals surface area (Å²) >= 11 is 0. The molecule has 0 bridgehead atoms. The zero-order chi connectivity index (χ0) is 23.6. The third kappa shape index (κ3) is 3.54. The van der Waals surface area contributed by atoms with Gasteiger partial charge in [0, 0.05) is 17.5 Å². The summed E-state index contributed by atoms with van der Waals surface area (Å²) in [5, 5.41) is 3.20. The van der Waals surface area contributed by atoms with Crippen LogP contribution in [0.4, 0.5) is 0 Å². The Hall–Kier alpha value is -2.62. The molecule has 1 aliphatic rings. The Bertz CT molecular complexity index is 1050. The van der Waals surface area contributed by atoms with Crippen molar-refractivity contribution in [3.63, 3.8) is 0 Å². The van der Waals surface area contributed by atoms with Gasteiger partial charge in [-0.15, -0.1) is 0 Å². The molecule has 1 aliphatic heterocycles. The molecule has 9 heteroatoms. The molecule has 0 aliphatic carbocycles. The zero-order valence-corrected chi connectivity index (χ0v) is 19.5. The van der Waals surface area contributed by atoms with Gasteiger partial charge in [-0.2, -0.15) is 8.42 Å². The predicted molar refractivity (Wildman–Crippen MR) is 121 cm³/mol. The molecule has 1 heterocycles. The lowest BCUT2D eigenvalue weighted by Gasteiger charge is -2.45. The molecule has 2 unspecified atom stereocenters. The number of nitrogens with one attached hydrogen (secondary N) is 1. The van der Waals surface area contributed by atoms with Crippen LogP contribution < -0.4 is 19.5 Å². The van der Waals surface area contributed by atoms with Crippen molar-refractivity contribution in [3.8, 4) is 17.2 Å². The van der Waals surface area contributed by atoms with Crippen molar-refractivity contribution in [3.05, 3.63) is 53.6 Å². The van der Waals surface area contributed by atoms with Crippen molar-refractivity contribution in [1.82, 2.24) is 5.32 Å². The van der Waals surface area contributed by atoms with E-state index < -0.39 is 26.1 Å². The highest BCUT2D eigenvalue weighted by atomic mass is 32.2. The molecule has 2 aromatic rings.